The summed E-state index contributed by atoms with van der Waals surface area (Å²) in [5.74, 6) is -0.363. The third-order valence-electron chi connectivity index (χ3n) is 4.12. The minimum absolute atomic E-state index is 0.165. The number of aryl methyl sites for hydroxylation is 3. The number of pyridine rings is 1. The first kappa shape index (κ1) is 18.6. The van der Waals surface area contributed by atoms with Gasteiger partial charge in [0, 0.05) is 37.1 Å². The number of hydrogen-bond donors (Lipinski definition) is 1. The van der Waals surface area contributed by atoms with E-state index in [2.05, 4.69) is 22.5 Å². The lowest BCUT2D eigenvalue weighted by Crippen LogP contribution is -2.22. The average molecular weight is 343 g/mol. The smallest absolute Gasteiger partial charge is 0.272 e. The standard InChI is InChI=1S/C18H25N5O2/c1-5-6-7-10-23-14(3)16(13(2)21-23)11-19-20-18(25)15-8-9-17(24)22(4)12-15/h8-9,11-12H,5-7,10H2,1-4H3,(H,20,25)/b19-11-. The van der Waals surface area contributed by atoms with Crippen molar-refractivity contribution in [1.82, 2.24) is 19.8 Å². The number of hydrogen-bond acceptors (Lipinski definition) is 4. The SMILES string of the molecule is CCCCCn1nc(C)c(/C=N\NC(=O)c2ccc(=O)n(C)c2)c1C. The predicted molar refractivity (Wildman–Crippen MR) is 98.0 cm³/mol. The summed E-state index contributed by atoms with van der Waals surface area (Å²) in [5.41, 5.74) is 5.53. The van der Waals surface area contributed by atoms with Gasteiger partial charge in [-0.05, 0) is 26.3 Å². The van der Waals surface area contributed by atoms with Crippen LogP contribution in [0.2, 0.25) is 0 Å². The van der Waals surface area contributed by atoms with E-state index in [0.717, 1.165) is 29.9 Å². The average Bonchev–Trinajstić information content (AvgIpc) is 2.85. The molecule has 0 aromatic carbocycles. The maximum Gasteiger partial charge on any atom is 0.272 e. The van der Waals surface area contributed by atoms with Crippen LogP contribution in [0.3, 0.4) is 0 Å². The first-order valence-electron chi connectivity index (χ1n) is 8.48. The Morgan fingerprint density at radius 1 is 1.32 bits per heavy atom. The van der Waals surface area contributed by atoms with Gasteiger partial charge in [0.05, 0.1) is 17.5 Å². The summed E-state index contributed by atoms with van der Waals surface area (Å²) in [4.78, 5) is 23.4. The van der Waals surface area contributed by atoms with E-state index in [1.165, 1.54) is 35.7 Å². The molecule has 0 radical (unpaired) electrons. The topological polar surface area (TPSA) is 81.3 Å². The monoisotopic (exact) mass is 343 g/mol. The van der Waals surface area contributed by atoms with Gasteiger partial charge in [0.25, 0.3) is 5.91 Å². The number of amides is 1. The van der Waals surface area contributed by atoms with Gasteiger partial charge < -0.3 is 4.57 Å². The second-order valence-corrected chi connectivity index (χ2v) is 6.08. The van der Waals surface area contributed by atoms with Crippen molar-refractivity contribution >= 4 is 12.1 Å². The van der Waals surface area contributed by atoms with Gasteiger partial charge in [0.1, 0.15) is 0 Å². The zero-order chi connectivity index (χ0) is 18.4. The minimum Gasteiger partial charge on any atom is -0.318 e. The van der Waals surface area contributed by atoms with Crippen molar-refractivity contribution in [3.05, 3.63) is 51.2 Å². The Hall–Kier alpha value is -2.70. The molecule has 0 fully saturated rings. The molecule has 7 nitrogen and oxygen atoms in total. The molecule has 2 heterocycles. The highest BCUT2D eigenvalue weighted by atomic mass is 16.2. The highest BCUT2D eigenvalue weighted by Crippen LogP contribution is 2.12. The summed E-state index contributed by atoms with van der Waals surface area (Å²) >= 11 is 0. The summed E-state index contributed by atoms with van der Waals surface area (Å²) in [6, 6.07) is 2.84. The number of hydrazone groups is 1. The molecule has 25 heavy (non-hydrogen) atoms. The van der Waals surface area contributed by atoms with Crippen LogP contribution in [0.15, 0.2) is 28.2 Å². The van der Waals surface area contributed by atoms with Crippen molar-refractivity contribution in [3.63, 3.8) is 0 Å². The number of rotatable bonds is 7. The summed E-state index contributed by atoms with van der Waals surface area (Å²) < 4.78 is 3.34. The molecular weight excluding hydrogens is 318 g/mol. The first-order valence-corrected chi connectivity index (χ1v) is 8.48. The fourth-order valence-corrected chi connectivity index (χ4v) is 2.58. The minimum atomic E-state index is -0.363. The van der Waals surface area contributed by atoms with Crippen molar-refractivity contribution in [2.24, 2.45) is 12.1 Å². The lowest BCUT2D eigenvalue weighted by Gasteiger charge is -2.03. The molecule has 1 amide bonds. The molecule has 0 bridgehead atoms. The Balaban J connectivity index is 2.05. The van der Waals surface area contributed by atoms with E-state index in [9.17, 15) is 9.59 Å². The van der Waals surface area contributed by atoms with Crippen LogP contribution in [0.4, 0.5) is 0 Å². The molecular formula is C18H25N5O2. The summed E-state index contributed by atoms with van der Waals surface area (Å²) in [6.45, 7) is 6.99. The maximum absolute atomic E-state index is 12.1. The molecule has 0 aliphatic rings. The summed E-state index contributed by atoms with van der Waals surface area (Å²) in [7, 11) is 1.60. The Morgan fingerprint density at radius 3 is 2.76 bits per heavy atom. The van der Waals surface area contributed by atoms with E-state index in [4.69, 9.17) is 0 Å². The molecule has 0 aliphatic carbocycles. The zero-order valence-corrected chi connectivity index (χ0v) is 15.2. The third-order valence-corrected chi connectivity index (χ3v) is 4.12. The lowest BCUT2D eigenvalue weighted by molar-refractivity contribution is 0.0954. The Labute approximate surface area is 147 Å². The van der Waals surface area contributed by atoms with Crippen LogP contribution < -0.4 is 11.0 Å². The van der Waals surface area contributed by atoms with Gasteiger partial charge in [-0.3, -0.25) is 14.3 Å². The zero-order valence-electron chi connectivity index (χ0n) is 15.2. The molecule has 0 atom stereocenters. The molecule has 0 aliphatic heterocycles. The van der Waals surface area contributed by atoms with Gasteiger partial charge in [0.2, 0.25) is 5.56 Å². The molecule has 2 rings (SSSR count). The molecule has 0 spiro atoms. The number of carbonyl (C=O) groups is 1. The normalized spacial score (nSPS) is 11.2. The highest BCUT2D eigenvalue weighted by molar-refractivity contribution is 5.94. The van der Waals surface area contributed by atoms with Crippen LogP contribution in [0.1, 0.15) is 53.5 Å². The van der Waals surface area contributed by atoms with Gasteiger partial charge in [-0.1, -0.05) is 19.8 Å². The van der Waals surface area contributed by atoms with Crippen molar-refractivity contribution in [2.45, 2.75) is 46.6 Å². The van der Waals surface area contributed by atoms with E-state index in [1.54, 1.807) is 13.3 Å². The molecule has 2 aromatic heterocycles. The highest BCUT2D eigenvalue weighted by Gasteiger charge is 2.10. The number of unbranched alkanes of at least 4 members (excludes halogenated alkanes) is 2. The van der Waals surface area contributed by atoms with Crippen LogP contribution in [-0.2, 0) is 13.6 Å². The fraction of sp³-hybridized carbons (Fsp3) is 0.444. The molecule has 1 N–H and O–H groups in total. The van der Waals surface area contributed by atoms with Gasteiger partial charge in [-0.2, -0.15) is 10.2 Å². The van der Waals surface area contributed by atoms with Crippen molar-refractivity contribution in [1.29, 1.82) is 0 Å². The quantitative estimate of drug-likeness (QED) is 0.475. The van der Waals surface area contributed by atoms with Gasteiger partial charge >= 0.3 is 0 Å². The van der Waals surface area contributed by atoms with Crippen molar-refractivity contribution in [3.8, 4) is 0 Å². The van der Waals surface area contributed by atoms with Crippen LogP contribution in [0.5, 0.6) is 0 Å². The molecule has 7 heteroatoms. The molecule has 134 valence electrons. The van der Waals surface area contributed by atoms with E-state index in [0.29, 0.717) is 5.56 Å². The summed E-state index contributed by atoms with van der Waals surface area (Å²) in [5, 5.41) is 8.57. The van der Waals surface area contributed by atoms with E-state index in [1.807, 2.05) is 18.5 Å². The first-order chi connectivity index (χ1) is 11.9. The van der Waals surface area contributed by atoms with Crippen LogP contribution >= 0.6 is 0 Å². The third kappa shape index (κ3) is 4.65. The number of aromatic nitrogens is 3. The summed E-state index contributed by atoms with van der Waals surface area (Å²) in [6.07, 6.45) is 6.55. The Kier molecular flexibility index (Phi) is 6.27. The van der Waals surface area contributed by atoms with Crippen LogP contribution in [0.25, 0.3) is 0 Å². The van der Waals surface area contributed by atoms with Gasteiger partial charge in [0.15, 0.2) is 0 Å². The lowest BCUT2D eigenvalue weighted by atomic mass is 10.2. The number of nitrogens with one attached hydrogen (secondary N) is 1. The molecule has 0 unspecified atom stereocenters. The van der Waals surface area contributed by atoms with E-state index < -0.39 is 0 Å². The van der Waals surface area contributed by atoms with E-state index >= 15 is 0 Å². The number of carbonyl (C=O) groups excluding carboxylic acids is 1. The predicted octanol–water partition coefficient (Wildman–Crippen LogP) is 2.15. The van der Waals surface area contributed by atoms with E-state index in [-0.39, 0.29) is 11.5 Å². The van der Waals surface area contributed by atoms with Crippen molar-refractivity contribution in [2.75, 3.05) is 0 Å². The second-order valence-electron chi connectivity index (χ2n) is 6.08. The Morgan fingerprint density at radius 2 is 2.08 bits per heavy atom. The van der Waals surface area contributed by atoms with Crippen molar-refractivity contribution < 1.29 is 4.79 Å². The molecule has 2 aromatic rings. The van der Waals surface area contributed by atoms with Gasteiger partial charge in [-0.25, -0.2) is 5.43 Å². The second kappa shape index (κ2) is 8.41. The largest absolute Gasteiger partial charge is 0.318 e. The number of nitrogens with zero attached hydrogens (tertiary/aromatic N) is 4. The van der Waals surface area contributed by atoms with Crippen LogP contribution in [0, 0.1) is 13.8 Å². The molecule has 0 saturated heterocycles. The molecule has 0 saturated carbocycles. The maximum atomic E-state index is 12.1. The van der Waals surface area contributed by atoms with Crippen LogP contribution in [-0.4, -0.2) is 26.5 Å². The fourth-order valence-electron chi connectivity index (χ4n) is 2.58. The van der Waals surface area contributed by atoms with Gasteiger partial charge in [-0.15, -0.1) is 0 Å². The Bertz CT molecular complexity index is 832.